The van der Waals surface area contributed by atoms with Gasteiger partial charge < -0.3 is 21.4 Å². The average molecular weight is 322 g/mol. The molecule has 0 bridgehead atoms. The predicted molar refractivity (Wildman–Crippen MR) is 89.9 cm³/mol. The van der Waals surface area contributed by atoms with Crippen LogP contribution >= 0.6 is 0 Å². The van der Waals surface area contributed by atoms with Crippen molar-refractivity contribution in [1.29, 1.82) is 5.26 Å². The van der Waals surface area contributed by atoms with Gasteiger partial charge in [-0.3, -0.25) is 4.79 Å². The Hall–Kier alpha value is -3.51. The number of nitrogens with one attached hydrogen (secondary N) is 3. The summed E-state index contributed by atoms with van der Waals surface area (Å²) >= 11 is 0. The van der Waals surface area contributed by atoms with E-state index in [0.717, 1.165) is 0 Å². The van der Waals surface area contributed by atoms with E-state index in [1.807, 2.05) is 6.07 Å². The molecule has 0 radical (unpaired) electrons. The number of pyridine rings is 2. The second kappa shape index (κ2) is 6.72. The molecular weight excluding hydrogens is 308 g/mol. The molecule has 0 fully saturated rings. The molecule has 0 aliphatic heterocycles. The van der Waals surface area contributed by atoms with Crippen molar-refractivity contribution in [2.75, 3.05) is 23.7 Å². The standard InChI is InChI=1S/C15H14N8O/c16-3-4-18-11-5-9(7-19-12(11)6-17)21-15-20-8-13-10(23-15)1-2-14(24)22-13/h1-2,5,7-8,18H,3-4,16H2,(H,22,24)(H,20,21,23). The fourth-order valence-corrected chi connectivity index (χ4v) is 2.10. The smallest absolute Gasteiger partial charge is 0.248 e. The van der Waals surface area contributed by atoms with Crippen molar-refractivity contribution in [3.8, 4) is 6.07 Å². The molecule has 3 aromatic heterocycles. The Bertz CT molecular complexity index is 975. The van der Waals surface area contributed by atoms with E-state index in [9.17, 15) is 4.79 Å². The molecule has 3 aromatic rings. The first-order valence-corrected chi connectivity index (χ1v) is 7.17. The van der Waals surface area contributed by atoms with E-state index in [4.69, 9.17) is 11.0 Å². The summed E-state index contributed by atoms with van der Waals surface area (Å²) < 4.78 is 0. The zero-order valence-corrected chi connectivity index (χ0v) is 12.6. The minimum atomic E-state index is -0.210. The Labute approximate surface area is 136 Å². The summed E-state index contributed by atoms with van der Waals surface area (Å²) in [5.41, 5.74) is 7.90. The van der Waals surface area contributed by atoms with Gasteiger partial charge in [0, 0.05) is 19.2 Å². The highest BCUT2D eigenvalue weighted by Gasteiger charge is 2.07. The van der Waals surface area contributed by atoms with Gasteiger partial charge in [-0.2, -0.15) is 5.26 Å². The second-order valence-corrected chi connectivity index (χ2v) is 4.89. The van der Waals surface area contributed by atoms with Crippen LogP contribution in [0.4, 0.5) is 17.3 Å². The van der Waals surface area contributed by atoms with E-state index >= 15 is 0 Å². The predicted octanol–water partition coefficient (Wildman–Crippen LogP) is 0.699. The van der Waals surface area contributed by atoms with E-state index in [1.165, 1.54) is 18.5 Å². The number of hydrogen-bond acceptors (Lipinski definition) is 8. The maximum atomic E-state index is 11.3. The Balaban J connectivity index is 1.89. The lowest BCUT2D eigenvalue weighted by molar-refractivity contribution is 1.02. The van der Waals surface area contributed by atoms with Crippen LogP contribution in [0.5, 0.6) is 0 Å². The molecule has 0 aliphatic rings. The molecular formula is C15H14N8O. The van der Waals surface area contributed by atoms with Gasteiger partial charge in [0.25, 0.3) is 0 Å². The molecule has 0 atom stereocenters. The van der Waals surface area contributed by atoms with Crippen molar-refractivity contribution in [3.05, 3.63) is 46.6 Å². The number of aromatic amines is 1. The molecule has 0 saturated heterocycles. The van der Waals surface area contributed by atoms with Crippen molar-refractivity contribution in [2.45, 2.75) is 0 Å². The number of nitriles is 1. The maximum absolute atomic E-state index is 11.3. The number of H-pyrrole nitrogens is 1. The number of anilines is 3. The minimum absolute atomic E-state index is 0.210. The highest BCUT2D eigenvalue weighted by Crippen LogP contribution is 2.20. The van der Waals surface area contributed by atoms with Gasteiger partial charge in [0.05, 0.1) is 34.8 Å². The van der Waals surface area contributed by atoms with Crippen LogP contribution in [-0.2, 0) is 0 Å². The van der Waals surface area contributed by atoms with Crippen LogP contribution in [0.3, 0.4) is 0 Å². The van der Waals surface area contributed by atoms with Crippen molar-refractivity contribution in [1.82, 2.24) is 19.9 Å². The zero-order chi connectivity index (χ0) is 16.9. The molecule has 24 heavy (non-hydrogen) atoms. The number of aromatic nitrogens is 4. The van der Waals surface area contributed by atoms with Gasteiger partial charge in [-0.15, -0.1) is 0 Å². The summed E-state index contributed by atoms with van der Waals surface area (Å²) in [6.07, 6.45) is 3.04. The highest BCUT2D eigenvalue weighted by atomic mass is 16.1. The molecule has 0 aromatic carbocycles. The first-order valence-electron chi connectivity index (χ1n) is 7.17. The molecule has 9 nitrogen and oxygen atoms in total. The van der Waals surface area contributed by atoms with Crippen LogP contribution < -0.4 is 21.9 Å². The molecule has 3 rings (SSSR count). The van der Waals surface area contributed by atoms with E-state index < -0.39 is 0 Å². The summed E-state index contributed by atoms with van der Waals surface area (Å²) in [4.78, 5) is 26.5. The van der Waals surface area contributed by atoms with Gasteiger partial charge in [-0.05, 0) is 12.1 Å². The van der Waals surface area contributed by atoms with E-state index in [2.05, 4.69) is 30.6 Å². The summed E-state index contributed by atoms with van der Waals surface area (Å²) in [6, 6.07) is 6.77. The van der Waals surface area contributed by atoms with Crippen LogP contribution in [0, 0.1) is 11.3 Å². The third-order valence-electron chi connectivity index (χ3n) is 3.18. The second-order valence-electron chi connectivity index (χ2n) is 4.89. The SMILES string of the molecule is N#Cc1ncc(Nc2ncc3[nH]c(=O)ccc3n2)cc1NCCN. The average Bonchev–Trinajstić information content (AvgIpc) is 2.60. The van der Waals surface area contributed by atoms with Crippen LogP contribution in [0.1, 0.15) is 5.69 Å². The molecule has 0 aliphatic carbocycles. The number of nitrogens with two attached hydrogens (primary N) is 1. The van der Waals surface area contributed by atoms with Crippen LogP contribution in [0.15, 0.2) is 35.4 Å². The fourth-order valence-electron chi connectivity index (χ4n) is 2.10. The van der Waals surface area contributed by atoms with Gasteiger partial charge in [-0.25, -0.2) is 15.0 Å². The zero-order valence-electron chi connectivity index (χ0n) is 12.6. The van der Waals surface area contributed by atoms with Crippen LogP contribution in [0.25, 0.3) is 11.0 Å². The molecule has 5 N–H and O–H groups in total. The van der Waals surface area contributed by atoms with Gasteiger partial charge in [-0.1, -0.05) is 0 Å². The first kappa shape index (κ1) is 15.4. The van der Waals surface area contributed by atoms with E-state index in [1.54, 1.807) is 12.1 Å². The van der Waals surface area contributed by atoms with Gasteiger partial charge in [0.2, 0.25) is 11.5 Å². The Morgan fingerprint density at radius 3 is 2.96 bits per heavy atom. The quantitative estimate of drug-likeness (QED) is 0.537. The van der Waals surface area contributed by atoms with Crippen LogP contribution in [-0.4, -0.2) is 33.0 Å². The lowest BCUT2D eigenvalue weighted by atomic mass is 10.3. The minimum Gasteiger partial charge on any atom is -0.381 e. The molecule has 0 spiro atoms. The molecule has 0 saturated carbocycles. The number of rotatable bonds is 5. The van der Waals surface area contributed by atoms with Crippen molar-refractivity contribution >= 4 is 28.4 Å². The Morgan fingerprint density at radius 1 is 1.29 bits per heavy atom. The molecule has 3 heterocycles. The Kier molecular flexibility index (Phi) is 4.31. The van der Waals surface area contributed by atoms with Crippen LogP contribution in [0.2, 0.25) is 0 Å². The number of nitrogens with zero attached hydrogens (tertiary/aromatic N) is 4. The van der Waals surface area contributed by atoms with Gasteiger partial charge in [0.1, 0.15) is 6.07 Å². The van der Waals surface area contributed by atoms with Gasteiger partial charge in [0.15, 0.2) is 5.69 Å². The highest BCUT2D eigenvalue weighted by molar-refractivity contribution is 5.74. The summed E-state index contributed by atoms with van der Waals surface area (Å²) in [5.74, 6) is 0.353. The molecule has 0 amide bonds. The van der Waals surface area contributed by atoms with Crippen molar-refractivity contribution in [3.63, 3.8) is 0 Å². The maximum Gasteiger partial charge on any atom is 0.248 e. The third kappa shape index (κ3) is 3.29. The number of hydrogen-bond donors (Lipinski definition) is 4. The third-order valence-corrected chi connectivity index (χ3v) is 3.18. The summed E-state index contributed by atoms with van der Waals surface area (Å²) in [6.45, 7) is 0.966. The van der Waals surface area contributed by atoms with E-state index in [-0.39, 0.29) is 11.3 Å². The summed E-state index contributed by atoms with van der Waals surface area (Å²) in [7, 11) is 0. The Morgan fingerprint density at radius 2 is 2.17 bits per heavy atom. The molecule has 0 unspecified atom stereocenters. The lowest BCUT2D eigenvalue weighted by Crippen LogP contribution is -2.14. The largest absolute Gasteiger partial charge is 0.381 e. The fraction of sp³-hybridized carbons (Fsp3) is 0.133. The first-order chi connectivity index (χ1) is 11.7. The van der Waals surface area contributed by atoms with Crippen molar-refractivity contribution < 1.29 is 0 Å². The monoisotopic (exact) mass is 322 g/mol. The lowest BCUT2D eigenvalue weighted by Gasteiger charge is -2.10. The summed E-state index contributed by atoms with van der Waals surface area (Å²) in [5, 5.41) is 15.1. The topological polar surface area (TPSA) is 145 Å². The van der Waals surface area contributed by atoms with E-state index in [0.29, 0.717) is 41.4 Å². The molecule has 120 valence electrons. The normalized spacial score (nSPS) is 10.3. The molecule has 9 heteroatoms. The van der Waals surface area contributed by atoms with Crippen molar-refractivity contribution in [2.24, 2.45) is 5.73 Å². The number of fused-ring (bicyclic) bond motifs is 1. The van der Waals surface area contributed by atoms with Gasteiger partial charge >= 0.3 is 0 Å².